The lowest BCUT2D eigenvalue weighted by atomic mass is 10.2. The number of aliphatic hydroxyl groups excluding tert-OH is 1. The predicted molar refractivity (Wildman–Crippen MR) is 60.5 cm³/mol. The summed E-state index contributed by atoms with van der Waals surface area (Å²) in [5, 5.41) is 11.9. The zero-order valence-electron chi connectivity index (χ0n) is 9.40. The largest absolute Gasteiger partial charge is 0.394 e. The summed E-state index contributed by atoms with van der Waals surface area (Å²) in [5.74, 6) is 0.603. The van der Waals surface area contributed by atoms with Crippen molar-refractivity contribution in [3.05, 3.63) is 23.4 Å². The molecule has 5 nitrogen and oxygen atoms in total. The van der Waals surface area contributed by atoms with E-state index >= 15 is 0 Å². The van der Waals surface area contributed by atoms with E-state index in [2.05, 4.69) is 10.3 Å². The predicted octanol–water partition coefficient (Wildman–Crippen LogP) is 0.589. The molecule has 2 amide bonds. The smallest absolute Gasteiger partial charge is 0.323 e. The zero-order valence-corrected chi connectivity index (χ0v) is 9.40. The average Bonchev–Trinajstić information content (AvgIpc) is 2.58. The second-order valence-corrected chi connectivity index (χ2v) is 4.04. The van der Waals surface area contributed by atoms with Crippen LogP contribution in [-0.2, 0) is 0 Å². The van der Waals surface area contributed by atoms with E-state index in [1.165, 1.54) is 4.90 Å². The molecule has 1 saturated heterocycles. The molecule has 86 valence electrons. The summed E-state index contributed by atoms with van der Waals surface area (Å²) in [6.45, 7) is 4.25. The van der Waals surface area contributed by atoms with Crippen molar-refractivity contribution in [2.75, 3.05) is 18.1 Å². The van der Waals surface area contributed by atoms with Crippen LogP contribution in [0.15, 0.2) is 12.1 Å². The molecule has 2 heterocycles. The van der Waals surface area contributed by atoms with E-state index in [9.17, 15) is 9.90 Å². The normalized spacial score (nSPS) is 20.1. The molecular weight excluding hydrogens is 206 g/mol. The summed E-state index contributed by atoms with van der Waals surface area (Å²) in [6, 6.07) is 3.38. The van der Waals surface area contributed by atoms with Crippen molar-refractivity contribution >= 4 is 11.8 Å². The van der Waals surface area contributed by atoms with Gasteiger partial charge in [0.25, 0.3) is 0 Å². The summed E-state index contributed by atoms with van der Waals surface area (Å²) in [5.41, 5.74) is 1.92. The molecule has 2 N–H and O–H groups in total. The van der Waals surface area contributed by atoms with Crippen LogP contribution in [0.2, 0.25) is 0 Å². The van der Waals surface area contributed by atoms with Crippen LogP contribution >= 0.6 is 0 Å². The number of aliphatic hydroxyl groups is 1. The first-order valence-electron chi connectivity index (χ1n) is 5.25. The van der Waals surface area contributed by atoms with Crippen molar-refractivity contribution in [2.45, 2.75) is 19.9 Å². The Bertz CT molecular complexity index is 399. The van der Waals surface area contributed by atoms with Crippen LogP contribution in [0, 0.1) is 13.8 Å². The Morgan fingerprint density at radius 3 is 2.94 bits per heavy atom. The number of carbonyl (C=O) groups is 1. The van der Waals surface area contributed by atoms with Crippen molar-refractivity contribution in [3.63, 3.8) is 0 Å². The molecule has 0 spiro atoms. The molecule has 0 radical (unpaired) electrons. The molecule has 0 aromatic carbocycles. The van der Waals surface area contributed by atoms with Gasteiger partial charge in [0.15, 0.2) is 0 Å². The van der Waals surface area contributed by atoms with E-state index in [0.717, 1.165) is 11.3 Å². The van der Waals surface area contributed by atoms with Crippen LogP contribution in [0.1, 0.15) is 11.3 Å². The van der Waals surface area contributed by atoms with Gasteiger partial charge in [0.1, 0.15) is 5.82 Å². The van der Waals surface area contributed by atoms with Gasteiger partial charge in [-0.25, -0.2) is 9.78 Å². The molecule has 1 fully saturated rings. The van der Waals surface area contributed by atoms with Crippen LogP contribution in [0.25, 0.3) is 0 Å². The molecule has 16 heavy (non-hydrogen) atoms. The number of pyridine rings is 1. The lowest BCUT2D eigenvalue weighted by Gasteiger charge is -2.20. The Labute approximate surface area is 94.1 Å². The van der Waals surface area contributed by atoms with E-state index in [4.69, 9.17) is 0 Å². The fourth-order valence-corrected chi connectivity index (χ4v) is 1.93. The molecule has 1 atom stereocenters. The molecule has 0 saturated carbocycles. The van der Waals surface area contributed by atoms with Crippen LogP contribution in [-0.4, -0.2) is 35.3 Å². The number of aromatic nitrogens is 1. The van der Waals surface area contributed by atoms with Gasteiger partial charge in [0, 0.05) is 12.2 Å². The van der Waals surface area contributed by atoms with Crippen LogP contribution in [0.3, 0.4) is 0 Å². The highest BCUT2D eigenvalue weighted by Crippen LogP contribution is 2.19. The molecule has 1 unspecified atom stereocenters. The van der Waals surface area contributed by atoms with Gasteiger partial charge in [-0.3, -0.25) is 4.90 Å². The molecular formula is C11H15N3O2. The first-order valence-corrected chi connectivity index (χ1v) is 5.25. The van der Waals surface area contributed by atoms with Crippen molar-refractivity contribution in [1.82, 2.24) is 10.3 Å². The Morgan fingerprint density at radius 2 is 2.31 bits per heavy atom. The zero-order chi connectivity index (χ0) is 11.7. The average molecular weight is 221 g/mol. The number of hydrogen-bond donors (Lipinski definition) is 2. The first-order chi connectivity index (χ1) is 7.61. The number of amides is 2. The maximum absolute atomic E-state index is 11.6. The number of anilines is 1. The fraction of sp³-hybridized carbons (Fsp3) is 0.455. The van der Waals surface area contributed by atoms with Crippen LogP contribution in [0.4, 0.5) is 10.6 Å². The SMILES string of the molecule is Cc1cc(C)nc(N2C(=O)NCC2CO)c1. The highest BCUT2D eigenvalue weighted by molar-refractivity contribution is 5.94. The number of aryl methyl sites for hydroxylation is 2. The van der Waals surface area contributed by atoms with Crippen LogP contribution in [0.5, 0.6) is 0 Å². The molecule has 1 aromatic heterocycles. The highest BCUT2D eigenvalue weighted by Gasteiger charge is 2.32. The van der Waals surface area contributed by atoms with Gasteiger partial charge in [-0.2, -0.15) is 0 Å². The second kappa shape index (κ2) is 4.09. The van der Waals surface area contributed by atoms with E-state index < -0.39 is 0 Å². The van der Waals surface area contributed by atoms with Gasteiger partial charge < -0.3 is 10.4 Å². The molecule has 0 aliphatic carbocycles. The van der Waals surface area contributed by atoms with E-state index in [0.29, 0.717) is 12.4 Å². The summed E-state index contributed by atoms with van der Waals surface area (Å²) in [4.78, 5) is 17.5. The van der Waals surface area contributed by atoms with Gasteiger partial charge in [-0.15, -0.1) is 0 Å². The third-order valence-corrected chi connectivity index (χ3v) is 2.61. The molecule has 1 aliphatic heterocycles. The number of nitrogens with zero attached hydrogens (tertiary/aromatic N) is 2. The maximum Gasteiger partial charge on any atom is 0.323 e. The Hall–Kier alpha value is -1.62. The second-order valence-electron chi connectivity index (χ2n) is 4.04. The molecule has 5 heteroatoms. The quantitative estimate of drug-likeness (QED) is 0.768. The van der Waals surface area contributed by atoms with Crippen molar-refractivity contribution in [3.8, 4) is 0 Å². The minimum Gasteiger partial charge on any atom is -0.394 e. The van der Waals surface area contributed by atoms with Crippen LogP contribution < -0.4 is 10.2 Å². The van der Waals surface area contributed by atoms with Gasteiger partial charge in [-0.05, 0) is 31.5 Å². The van der Waals surface area contributed by atoms with Gasteiger partial charge >= 0.3 is 6.03 Å². The number of carbonyl (C=O) groups excluding carboxylic acids is 1. The maximum atomic E-state index is 11.6. The number of hydrogen-bond acceptors (Lipinski definition) is 3. The summed E-state index contributed by atoms with van der Waals surface area (Å²) >= 11 is 0. The standard InChI is InChI=1S/C11H15N3O2/c1-7-3-8(2)13-10(4-7)14-9(6-15)5-12-11(14)16/h3-4,9,15H,5-6H2,1-2H3,(H,12,16). The topological polar surface area (TPSA) is 65.5 Å². The van der Waals surface area contributed by atoms with Crippen molar-refractivity contribution in [2.24, 2.45) is 0 Å². The van der Waals surface area contributed by atoms with Gasteiger partial charge in [0.05, 0.1) is 12.6 Å². The molecule has 1 aliphatic rings. The Kier molecular flexibility index (Phi) is 2.78. The lowest BCUT2D eigenvalue weighted by Crippen LogP contribution is -2.37. The third-order valence-electron chi connectivity index (χ3n) is 2.61. The highest BCUT2D eigenvalue weighted by atomic mass is 16.3. The van der Waals surface area contributed by atoms with E-state index in [1.54, 1.807) is 0 Å². The number of urea groups is 1. The molecule has 0 bridgehead atoms. The third kappa shape index (κ3) is 1.86. The minimum atomic E-state index is -0.221. The monoisotopic (exact) mass is 221 g/mol. The van der Waals surface area contributed by atoms with Gasteiger partial charge in [-0.1, -0.05) is 0 Å². The Balaban J connectivity index is 2.38. The number of rotatable bonds is 2. The van der Waals surface area contributed by atoms with E-state index in [-0.39, 0.29) is 18.7 Å². The Morgan fingerprint density at radius 1 is 1.56 bits per heavy atom. The summed E-state index contributed by atoms with van der Waals surface area (Å²) < 4.78 is 0. The molecule has 2 rings (SSSR count). The van der Waals surface area contributed by atoms with Crippen molar-refractivity contribution in [1.29, 1.82) is 0 Å². The summed E-state index contributed by atoms with van der Waals surface area (Å²) in [7, 11) is 0. The van der Waals surface area contributed by atoms with Gasteiger partial charge in [0.2, 0.25) is 0 Å². The fourth-order valence-electron chi connectivity index (χ4n) is 1.93. The number of nitrogens with one attached hydrogen (secondary N) is 1. The molecule has 1 aromatic rings. The minimum absolute atomic E-state index is 0.0621. The van der Waals surface area contributed by atoms with E-state index in [1.807, 2.05) is 26.0 Å². The summed E-state index contributed by atoms with van der Waals surface area (Å²) in [6.07, 6.45) is 0. The van der Waals surface area contributed by atoms with Crippen molar-refractivity contribution < 1.29 is 9.90 Å². The first kappa shape index (κ1) is 10.9. The lowest BCUT2D eigenvalue weighted by molar-refractivity contribution is 0.247.